The highest BCUT2D eigenvalue weighted by atomic mass is 16.2. The van der Waals surface area contributed by atoms with Gasteiger partial charge in [0, 0.05) is 19.1 Å². The SMILES string of the molecule is CCN(CC)C(=O)CNC1CC2CC=CC21. The molecule has 0 aromatic carbocycles. The van der Waals surface area contributed by atoms with Crippen LogP contribution in [0.5, 0.6) is 0 Å². The summed E-state index contributed by atoms with van der Waals surface area (Å²) >= 11 is 0. The molecule has 3 unspecified atom stereocenters. The van der Waals surface area contributed by atoms with Gasteiger partial charge < -0.3 is 10.2 Å². The van der Waals surface area contributed by atoms with Crippen molar-refractivity contribution in [3.63, 3.8) is 0 Å². The summed E-state index contributed by atoms with van der Waals surface area (Å²) in [5, 5.41) is 3.40. The lowest BCUT2D eigenvalue weighted by Crippen LogP contribution is -2.51. The molecular weight excluding hydrogens is 200 g/mol. The Bertz CT molecular complexity index is 284. The van der Waals surface area contributed by atoms with Crippen molar-refractivity contribution < 1.29 is 4.79 Å². The Balaban J connectivity index is 1.71. The summed E-state index contributed by atoms with van der Waals surface area (Å²) < 4.78 is 0. The van der Waals surface area contributed by atoms with Crippen LogP contribution in [0.15, 0.2) is 12.2 Å². The Labute approximate surface area is 97.9 Å². The molecule has 2 aliphatic rings. The van der Waals surface area contributed by atoms with Crippen molar-refractivity contribution in [1.29, 1.82) is 0 Å². The van der Waals surface area contributed by atoms with Crippen LogP contribution >= 0.6 is 0 Å². The molecule has 0 bridgehead atoms. The Morgan fingerprint density at radius 3 is 2.81 bits per heavy atom. The monoisotopic (exact) mass is 222 g/mol. The highest BCUT2D eigenvalue weighted by Gasteiger charge is 2.40. The number of allylic oxidation sites excluding steroid dienone is 1. The zero-order valence-electron chi connectivity index (χ0n) is 10.3. The predicted octanol–water partition coefficient (Wildman–Crippen LogP) is 1.41. The average molecular weight is 222 g/mol. The lowest BCUT2D eigenvalue weighted by atomic mass is 9.71. The number of nitrogens with one attached hydrogen (secondary N) is 1. The zero-order valence-corrected chi connectivity index (χ0v) is 10.3. The number of carbonyl (C=O) groups excluding carboxylic acids is 1. The number of hydrogen-bond acceptors (Lipinski definition) is 2. The van der Waals surface area contributed by atoms with Gasteiger partial charge in [0.05, 0.1) is 6.54 Å². The second-order valence-corrected chi connectivity index (χ2v) is 4.79. The molecule has 1 saturated carbocycles. The highest BCUT2D eigenvalue weighted by Crippen LogP contribution is 2.42. The number of likely N-dealkylation sites (N-methyl/N-ethyl adjacent to an activating group) is 1. The molecule has 0 spiro atoms. The van der Waals surface area contributed by atoms with Gasteiger partial charge in [-0.25, -0.2) is 0 Å². The van der Waals surface area contributed by atoms with Crippen LogP contribution in [0.3, 0.4) is 0 Å². The third-order valence-electron chi connectivity index (χ3n) is 3.99. The van der Waals surface area contributed by atoms with E-state index in [9.17, 15) is 4.79 Å². The zero-order chi connectivity index (χ0) is 11.5. The van der Waals surface area contributed by atoms with Gasteiger partial charge in [0.1, 0.15) is 0 Å². The Hall–Kier alpha value is -0.830. The molecule has 2 rings (SSSR count). The number of fused-ring (bicyclic) bond motifs is 1. The summed E-state index contributed by atoms with van der Waals surface area (Å²) in [4.78, 5) is 13.7. The van der Waals surface area contributed by atoms with E-state index in [1.54, 1.807) is 0 Å². The normalized spacial score (nSPS) is 31.0. The second-order valence-electron chi connectivity index (χ2n) is 4.79. The molecule has 2 aliphatic carbocycles. The van der Waals surface area contributed by atoms with Crippen LogP contribution in [0.2, 0.25) is 0 Å². The van der Waals surface area contributed by atoms with E-state index >= 15 is 0 Å². The maximum atomic E-state index is 11.8. The molecule has 0 heterocycles. The topological polar surface area (TPSA) is 32.3 Å². The van der Waals surface area contributed by atoms with Crippen LogP contribution in [0.1, 0.15) is 26.7 Å². The molecule has 3 heteroatoms. The van der Waals surface area contributed by atoms with Crippen LogP contribution in [-0.2, 0) is 4.79 Å². The highest BCUT2D eigenvalue weighted by molar-refractivity contribution is 5.78. The van der Waals surface area contributed by atoms with Crippen molar-refractivity contribution in [3.05, 3.63) is 12.2 Å². The fourth-order valence-electron chi connectivity index (χ4n) is 2.85. The van der Waals surface area contributed by atoms with E-state index in [1.165, 1.54) is 12.8 Å². The number of rotatable bonds is 5. The molecule has 0 aromatic heterocycles. The molecule has 0 saturated heterocycles. The van der Waals surface area contributed by atoms with Gasteiger partial charge in [0.25, 0.3) is 0 Å². The van der Waals surface area contributed by atoms with Gasteiger partial charge in [-0.15, -0.1) is 0 Å². The van der Waals surface area contributed by atoms with Crippen LogP contribution in [-0.4, -0.2) is 36.5 Å². The molecule has 1 N–H and O–H groups in total. The second kappa shape index (κ2) is 5.00. The maximum Gasteiger partial charge on any atom is 0.236 e. The standard InChI is InChI=1S/C13H22N2O/c1-3-15(4-2)13(16)9-14-12-8-10-6-5-7-11(10)12/h5,7,10-12,14H,3-4,6,8-9H2,1-2H3. The summed E-state index contributed by atoms with van der Waals surface area (Å²) in [5.74, 6) is 1.79. The molecule has 1 amide bonds. The number of hydrogen-bond donors (Lipinski definition) is 1. The summed E-state index contributed by atoms with van der Waals surface area (Å²) in [6.07, 6.45) is 7.08. The van der Waals surface area contributed by atoms with Crippen molar-refractivity contribution in [1.82, 2.24) is 10.2 Å². The third-order valence-corrected chi connectivity index (χ3v) is 3.99. The van der Waals surface area contributed by atoms with Crippen molar-refractivity contribution in [2.45, 2.75) is 32.7 Å². The van der Waals surface area contributed by atoms with E-state index < -0.39 is 0 Å². The van der Waals surface area contributed by atoms with Crippen LogP contribution in [0.4, 0.5) is 0 Å². The van der Waals surface area contributed by atoms with Crippen LogP contribution in [0.25, 0.3) is 0 Å². The van der Waals surface area contributed by atoms with Crippen LogP contribution < -0.4 is 5.32 Å². The Morgan fingerprint density at radius 1 is 1.44 bits per heavy atom. The van der Waals surface area contributed by atoms with Crippen molar-refractivity contribution in [2.75, 3.05) is 19.6 Å². The summed E-state index contributed by atoms with van der Waals surface area (Å²) in [6, 6.07) is 0.545. The minimum absolute atomic E-state index is 0.232. The minimum atomic E-state index is 0.232. The average Bonchev–Trinajstić information content (AvgIpc) is 2.62. The first-order chi connectivity index (χ1) is 7.76. The summed E-state index contributed by atoms with van der Waals surface area (Å²) in [6.45, 7) is 6.19. The fraction of sp³-hybridized carbons (Fsp3) is 0.769. The predicted molar refractivity (Wildman–Crippen MR) is 65.1 cm³/mol. The first-order valence-electron chi connectivity index (χ1n) is 6.44. The lowest BCUT2D eigenvalue weighted by Gasteiger charge is -2.40. The molecule has 16 heavy (non-hydrogen) atoms. The van der Waals surface area contributed by atoms with Gasteiger partial charge >= 0.3 is 0 Å². The van der Waals surface area contributed by atoms with Crippen LogP contribution in [0, 0.1) is 11.8 Å². The van der Waals surface area contributed by atoms with Crippen molar-refractivity contribution in [3.8, 4) is 0 Å². The molecule has 1 fully saturated rings. The van der Waals surface area contributed by atoms with Gasteiger partial charge in [-0.1, -0.05) is 12.2 Å². The fourth-order valence-corrected chi connectivity index (χ4v) is 2.85. The third kappa shape index (κ3) is 2.14. The summed E-state index contributed by atoms with van der Waals surface area (Å²) in [7, 11) is 0. The van der Waals surface area contributed by atoms with E-state index in [2.05, 4.69) is 17.5 Å². The number of amides is 1. The lowest BCUT2D eigenvalue weighted by molar-refractivity contribution is -0.130. The quantitative estimate of drug-likeness (QED) is 0.713. The molecule has 90 valence electrons. The van der Waals surface area contributed by atoms with E-state index in [4.69, 9.17) is 0 Å². The van der Waals surface area contributed by atoms with Gasteiger partial charge in [-0.2, -0.15) is 0 Å². The van der Waals surface area contributed by atoms with E-state index in [1.807, 2.05) is 18.7 Å². The molecule has 3 atom stereocenters. The van der Waals surface area contributed by atoms with E-state index in [0.717, 1.165) is 19.0 Å². The largest absolute Gasteiger partial charge is 0.342 e. The molecule has 3 nitrogen and oxygen atoms in total. The van der Waals surface area contributed by atoms with E-state index in [0.29, 0.717) is 18.5 Å². The van der Waals surface area contributed by atoms with E-state index in [-0.39, 0.29) is 5.91 Å². The Morgan fingerprint density at radius 2 is 2.19 bits per heavy atom. The molecule has 0 radical (unpaired) electrons. The van der Waals surface area contributed by atoms with Gasteiger partial charge in [-0.3, -0.25) is 4.79 Å². The van der Waals surface area contributed by atoms with Crippen molar-refractivity contribution >= 4 is 5.91 Å². The Kier molecular flexibility index (Phi) is 3.64. The number of nitrogens with zero attached hydrogens (tertiary/aromatic N) is 1. The molecule has 0 aromatic rings. The smallest absolute Gasteiger partial charge is 0.236 e. The molecular formula is C13H22N2O. The van der Waals surface area contributed by atoms with Gasteiger partial charge in [0.2, 0.25) is 5.91 Å². The van der Waals surface area contributed by atoms with Crippen molar-refractivity contribution in [2.24, 2.45) is 11.8 Å². The molecule has 0 aliphatic heterocycles. The number of carbonyl (C=O) groups is 1. The summed E-state index contributed by atoms with van der Waals surface area (Å²) in [5.41, 5.74) is 0. The minimum Gasteiger partial charge on any atom is -0.342 e. The maximum absolute atomic E-state index is 11.8. The first-order valence-corrected chi connectivity index (χ1v) is 6.44. The van der Waals surface area contributed by atoms with Gasteiger partial charge in [0.15, 0.2) is 0 Å². The first kappa shape index (κ1) is 11.6. The van der Waals surface area contributed by atoms with Gasteiger partial charge in [-0.05, 0) is 38.5 Å².